The number of amides is 2. The molecule has 2 unspecified atom stereocenters. The highest BCUT2D eigenvalue weighted by Crippen LogP contribution is 2.22. The second kappa shape index (κ2) is 9.04. The number of morpholine rings is 1. The summed E-state index contributed by atoms with van der Waals surface area (Å²) in [6, 6.07) is 7.08. The van der Waals surface area contributed by atoms with Gasteiger partial charge in [-0.15, -0.1) is 0 Å². The van der Waals surface area contributed by atoms with E-state index in [0.29, 0.717) is 24.7 Å². The van der Waals surface area contributed by atoms with Crippen LogP contribution in [0.15, 0.2) is 24.3 Å². The third-order valence-corrected chi connectivity index (χ3v) is 5.42. The minimum Gasteiger partial charge on any atom is -0.372 e. The number of halogens is 1. The molecule has 2 aliphatic rings. The topological polar surface area (TPSA) is 61.9 Å². The quantitative estimate of drug-likeness (QED) is 0.854. The first-order chi connectivity index (χ1) is 12.9. The van der Waals surface area contributed by atoms with Gasteiger partial charge in [0, 0.05) is 29.7 Å². The smallest absolute Gasteiger partial charge is 0.238 e. The molecule has 2 atom stereocenters. The number of anilines is 1. The van der Waals surface area contributed by atoms with Crippen molar-refractivity contribution < 1.29 is 14.3 Å². The highest BCUT2D eigenvalue weighted by molar-refractivity contribution is 6.30. The number of nitrogens with one attached hydrogen (secondary N) is 1. The van der Waals surface area contributed by atoms with E-state index >= 15 is 0 Å². The number of rotatable bonds is 4. The molecule has 27 heavy (non-hydrogen) atoms. The van der Waals surface area contributed by atoms with Gasteiger partial charge in [0.25, 0.3) is 0 Å². The summed E-state index contributed by atoms with van der Waals surface area (Å²) in [4.78, 5) is 29.1. The molecule has 0 bridgehead atoms. The van der Waals surface area contributed by atoms with Crippen LogP contribution in [0, 0.1) is 5.92 Å². The van der Waals surface area contributed by atoms with E-state index in [0.717, 1.165) is 31.6 Å². The van der Waals surface area contributed by atoms with Crippen molar-refractivity contribution in [3.63, 3.8) is 0 Å². The lowest BCUT2D eigenvalue weighted by atomic mass is 9.94. The van der Waals surface area contributed by atoms with Crippen LogP contribution in [-0.4, -0.2) is 66.5 Å². The zero-order valence-electron chi connectivity index (χ0n) is 16.0. The Morgan fingerprint density at radius 2 is 1.70 bits per heavy atom. The van der Waals surface area contributed by atoms with Gasteiger partial charge < -0.3 is 15.0 Å². The first-order valence-corrected chi connectivity index (χ1v) is 10.0. The number of carbonyl (C=O) groups is 2. The Labute approximate surface area is 165 Å². The fourth-order valence-electron chi connectivity index (χ4n) is 3.89. The van der Waals surface area contributed by atoms with Gasteiger partial charge in [-0.1, -0.05) is 11.6 Å². The molecular weight excluding hydrogens is 366 g/mol. The molecular formula is C20H28ClN3O3. The first-order valence-electron chi connectivity index (χ1n) is 9.62. The maximum absolute atomic E-state index is 12.8. The summed E-state index contributed by atoms with van der Waals surface area (Å²) in [7, 11) is 0. The molecule has 0 saturated carbocycles. The Hall–Kier alpha value is -1.63. The lowest BCUT2D eigenvalue weighted by Gasteiger charge is -2.39. The summed E-state index contributed by atoms with van der Waals surface area (Å²) < 4.78 is 5.72. The number of hydrogen-bond acceptors (Lipinski definition) is 4. The largest absolute Gasteiger partial charge is 0.372 e. The van der Waals surface area contributed by atoms with Crippen LogP contribution in [0.25, 0.3) is 0 Å². The summed E-state index contributed by atoms with van der Waals surface area (Å²) in [5.41, 5.74) is 0.741. The number of likely N-dealkylation sites (tertiary alicyclic amines) is 1. The summed E-state index contributed by atoms with van der Waals surface area (Å²) in [6.07, 6.45) is 1.78. The SMILES string of the molecule is CC1CN(C(=O)C2CCN(CC(=O)Nc3ccc(Cl)cc3)CC2)CC(C)O1. The van der Waals surface area contributed by atoms with Crippen LogP contribution in [0.1, 0.15) is 26.7 Å². The zero-order chi connectivity index (χ0) is 19.4. The molecule has 0 aromatic heterocycles. The molecule has 7 heteroatoms. The Morgan fingerprint density at radius 1 is 1.11 bits per heavy atom. The lowest BCUT2D eigenvalue weighted by molar-refractivity contribution is -0.148. The van der Waals surface area contributed by atoms with Gasteiger partial charge in [0.1, 0.15) is 0 Å². The van der Waals surface area contributed by atoms with E-state index < -0.39 is 0 Å². The summed E-state index contributed by atoms with van der Waals surface area (Å²) in [6.45, 7) is 7.24. The summed E-state index contributed by atoms with van der Waals surface area (Å²) in [5, 5.41) is 3.53. The number of carbonyl (C=O) groups excluding carboxylic acids is 2. The second-order valence-electron chi connectivity index (χ2n) is 7.61. The van der Waals surface area contributed by atoms with E-state index in [1.54, 1.807) is 24.3 Å². The van der Waals surface area contributed by atoms with Crippen LogP contribution >= 0.6 is 11.6 Å². The summed E-state index contributed by atoms with van der Waals surface area (Å²) in [5.74, 6) is 0.248. The molecule has 1 N–H and O–H groups in total. The van der Waals surface area contributed by atoms with Crippen LogP contribution in [0.3, 0.4) is 0 Å². The van der Waals surface area contributed by atoms with Crippen LogP contribution < -0.4 is 5.32 Å². The fraction of sp³-hybridized carbons (Fsp3) is 0.600. The highest BCUT2D eigenvalue weighted by atomic mass is 35.5. The van der Waals surface area contributed by atoms with Gasteiger partial charge in [-0.25, -0.2) is 0 Å². The maximum atomic E-state index is 12.8. The predicted molar refractivity (Wildman–Crippen MR) is 106 cm³/mol. The van der Waals surface area contributed by atoms with Crippen molar-refractivity contribution in [3.8, 4) is 0 Å². The van der Waals surface area contributed by atoms with Gasteiger partial charge in [-0.2, -0.15) is 0 Å². The Morgan fingerprint density at radius 3 is 2.30 bits per heavy atom. The molecule has 148 valence electrons. The molecule has 1 aromatic carbocycles. The fourth-order valence-corrected chi connectivity index (χ4v) is 4.02. The predicted octanol–water partition coefficient (Wildman–Crippen LogP) is 2.63. The van der Waals surface area contributed by atoms with Crippen molar-refractivity contribution in [1.29, 1.82) is 0 Å². The second-order valence-corrected chi connectivity index (χ2v) is 8.04. The standard InChI is InChI=1S/C20H28ClN3O3/c1-14-11-24(12-15(2)27-14)20(26)16-7-9-23(10-8-16)13-19(25)22-18-5-3-17(21)4-6-18/h3-6,14-16H,7-13H2,1-2H3,(H,22,25). The lowest BCUT2D eigenvalue weighted by Crippen LogP contribution is -2.51. The van der Waals surface area contributed by atoms with Crippen LogP contribution in [-0.2, 0) is 14.3 Å². The average molecular weight is 394 g/mol. The molecule has 0 aliphatic carbocycles. The highest BCUT2D eigenvalue weighted by Gasteiger charge is 2.32. The van der Waals surface area contributed by atoms with Crippen LogP contribution in [0.4, 0.5) is 5.69 Å². The van der Waals surface area contributed by atoms with E-state index in [1.807, 2.05) is 18.7 Å². The Kier molecular flexibility index (Phi) is 6.73. The van der Waals surface area contributed by atoms with E-state index in [2.05, 4.69) is 10.2 Å². The molecule has 0 radical (unpaired) electrons. The van der Waals surface area contributed by atoms with Gasteiger partial charge in [0.15, 0.2) is 0 Å². The monoisotopic (exact) mass is 393 g/mol. The van der Waals surface area contributed by atoms with E-state index in [4.69, 9.17) is 16.3 Å². The number of piperidine rings is 1. The summed E-state index contributed by atoms with van der Waals surface area (Å²) >= 11 is 5.86. The minimum absolute atomic E-state index is 0.0436. The van der Waals surface area contributed by atoms with Crippen LogP contribution in [0.2, 0.25) is 5.02 Å². The van der Waals surface area contributed by atoms with Crippen LogP contribution in [0.5, 0.6) is 0 Å². The first kappa shape index (κ1) is 20.1. The van der Waals surface area contributed by atoms with Gasteiger partial charge >= 0.3 is 0 Å². The molecule has 0 spiro atoms. The van der Waals surface area contributed by atoms with Gasteiger partial charge in [0.05, 0.1) is 18.8 Å². The van der Waals surface area contributed by atoms with Gasteiger partial charge in [-0.05, 0) is 64.0 Å². The average Bonchev–Trinajstić information content (AvgIpc) is 2.63. The maximum Gasteiger partial charge on any atom is 0.238 e. The van der Waals surface area contributed by atoms with Crippen molar-refractivity contribution in [1.82, 2.24) is 9.80 Å². The zero-order valence-corrected chi connectivity index (χ0v) is 16.7. The van der Waals surface area contributed by atoms with E-state index in [1.165, 1.54) is 0 Å². The normalized spacial score (nSPS) is 24.6. The Balaban J connectivity index is 1.43. The van der Waals surface area contributed by atoms with Gasteiger partial charge in [-0.3, -0.25) is 14.5 Å². The van der Waals surface area contributed by atoms with Crippen molar-refractivity contribution in [2.75, 3.05) is 38.0 Å². The number of benzene rings is 1. The Bertz CT molecular complexity index is 649. The number of ether oxygens (including phenoxy) is 1. The number of hydrogen-bond donors (Lipinski definition) is 1. The molecule has 6 nitrogen and oxygen atoms in total. The molecule has 2 saturated heterocycles. The molecule has 3 rings (SSSR count). The van der Waals surface area contributed by atoms with Crippen molar-refractivity contribution >= 4 is 29.1 Å². The van der Waals surface area contributed by atoms with E-state index in [-0.39, 0.29) is 29.9 Å². The molecule has 2 amide bonds. The molecule has 2 aliphatic heterocycles. The van der Waals surface area contributed by atoms with E-state index in [9.17, 15) is 9.59 Å². The van der Waals surface area contributed by atoms with Crippen molar-refractivity contribution in [2.45, 2.75) is 38.9 Å². The number of nitrogens with zero attached hydrogens (tertiary/aromatic N) is 2. The molecule has 2 heterocycles. The van der Waals surface area contributed by atoms with Crippen molar-refractivity contribution in [2.24, 2.45) is 5.92 Å². The van der Waals surface area contributed by atoms with Gasteiger partial charge in [0.2, 0.25) is 11.8 Å². The van der Waals surface area contributed by atoms with Crippen molar-refractivity contribution in [3.05, 3.63) is 29.3 Å². The molecule has 1 aromatic rings. The molecule has 2 fully saturated rings. The third-order valence-electron chi connectivity index (χ3n) is 5.16. The third kappa shape index (κ3) is 5.67. The minimum atomic E-state index is -0.0436.